The van der Waals surface area contributed by atoms with E-state index in [-0.39, 0.29) is 0 Å². The molecule has 5 rings (SSSR count). The molecule has 0 saturated heterocycles. The minimum absolute atomic E-state index is 0.353. The molecule has 0 fully saturated rings. The van der Waals surface area contributed by atoms with Gasteiger partial charge in [0, 0.05) is 17.7 Å². The van der Waals surface area contributed by atoms with Gasteiger partial charge in [-0.15, -0.1) is 10.2 Å². The summed E-state index contributed by atoms with van der Waals surface area (Å²) in [5.74, 6) is 8.55. The van der Waals surface area contributed by atoms with Gasteiger partial charge >= 0.3 is 0 Å². The van der Waals surface area contributed by atoms with Crippen LogP contribution in [0.2, 0.25) is 5.02 Å². The van der Waals surface area contributed by atoms with Crippen LogP contribution >= 0.6 is 11.6 Å². The van der Waals surface area contributed by atoms with Crippen LogP contribution in [0.5, 0.6) is 0 Å². The van der Waals surface area contributed by atoms with Crippen LogP contribution in [0.4, 0.5) is 0 Å². The van der Waals surface area contributed by atoms with Gasteiger partial charge in [-0.1, -0.05) is 11.6 Å². The van der Waals surface area contributed by atoms with Gasteiger partial charge in [0.2, 0.25) is 0 Å². The predicted octanol–water partition coefficient (Wildman–Crippen LogP) is 2.72. The molecule has 0 atom stereocenters. The Hall–Kier alpha value is -3.41. The molecule has 0 radical (unpaired) electrons. The molecule has 1 aromatic carbocycles. The van der Waals surface area contributed by atoms with Crippen LogP contribution in [0.15, 0.2) is 30.7 Å². The molecule has 29 heavy (non-hydrogen) atoms. The number of hydrogen-bond acceptors (Lipinski definition) is 5. The summed E-state index contributed by atoms with van der Waals surface area (Å²) >= 11 is 6.28. The van der Waals surface area contributed by atoms with Crippen LogP contribution < -0.4 is 0 Å². The van der Waals surface area contributed by atoms with Gasteiger partial charge in [0.05, 0.1) is 24.1 Å². The monoisotopic (exact) mass is 405 g/mol. The van der Waals surface area contributed by atoms with E-state index < -0.39 is 0 Å². The maximum atomic E-state index is 6.28. The van der Waals surface area contributed by atoms with Crippen molar-refractivity contribution < 1.29 is 4.74 Å². The Bertz CT molecular complexity index is 1290. The first-order valence-corrected chi connectivity index (χ1v) is 9.33. The quantitative estimate of drug-likeness (QED) is 0.456. The highest BCUT2D eigenvalue weighted by molar-refractivity contribution is 6.31. The number of aromatic amines is 1. The number of H-pyrrole nitrogens is 1. The first-order valence-electron chi connectivity index (χ1n) is 8.95. The molecular weight excluding hydrogens is 390 g/mol. The number of hydrogen-bond donors (Lipinski definition) is 1. The van der Waals surface area contributed by atoms with Crippen molar-refractivity contribution in [2.75, 3.05) is 7.11 Å². The maximum Gasteiger partial charge on any atom is 0.166 e. The molecule has 9 heteroatoms. The maximum absolute atomic E-state index is 6.28. The zero-order valence-electron chi connectivity index (χ0n) is 15.8. The molecule has 8 nitrogen and oxygen atoms in total. The molecule has 0 unspecified atom stereocenters. The normalized spacial score (nSPS) is 11.8. The van der Waals surface area contributed by atoms with E-state index in [2.05, 4.69) is 37.0 Å². The van der Waals surface area contributed by atoms with Gasteiger partial charge in [0.1, 0.15) is 30.1 Å². The van der Waals surface area contributed by atoms with E-state index in [9.17, 15) is 0 Å². The van der Waals surface area contributed by atoms with E-state index in [1.807, 2.05) is 34.3 Å². The lowest BCUT2D eigenvalue weighted by atomic mass is 10.1. The third-order valence-corrected chi connectivity index (χ3v) is 4.99. The second-order valence-electron chi connectivity index (χ2n) is 6.66. The number of benzene rings is 1. The summed E-state index contributed by atoms with van der Waals surface area (Å²) in [5, 5.41) is 9.33. The second-order valence-corrected chi connectivity index (χ2v) is 7.10. The minimum atomic E-state index is 0.353. The van der Waals surface area contributed by atoms with Crippen molar-refractivity contribution >= 4 is 11.6 Å². The number of fused-ring (bicyclic) bond motifs is 5. The summed E-state index contributed by atoms with van der Waals surface area (Å²) in [7, 11) is 1.64. The number of rotatable bonds is 2. The summed E-state index contributed by atoms with van der Waals surface area (Å²) in [6, 6.07) is 5.70. The Balaban J connectivity index is 1.69. The van der Waals surface area contributed by atoms with Crippen LogP contribution in [0.25, 0.3) is 17.1 Å². The highest BCUT2D eigenvalue weighted by Gasteiger charge is 2.25. The lowest BCUT2D eigenvalue weighted by molar-refractivity contribution is 0.174. The molecule has 3 aromatic heterocycles. The molecule has 0 aliphatic carbocycles. The summed E-state index contributed by atoms with van der Waals surface area (Å²) in [5.41, 5.74) is 4.18. The number of halogens is 1. The molecular formula is C20H16ClN7O. The summed E-state index contributed by atoms with van der Waals surface area (Å²) < 4.78 is 9.35. The Morgan fingerprint density at radius 3 is 2.93 bits per heavy atom. The topological polar surface area (TPSA) is 86.4 Å². The molecule has 144 valence electrons. The van der Waals surface area contributed by atoms with Crippen molar-refractivity contribution in [3.63, 3.8) is 0 Å². The van der Waals surface area contributed by atoms with Gasteiger partial charge in [0.15, 0.2) is 11.6 Å². The Morgan fingerprint density at radius 2 is 2.14 bits per heavy atom. The number of aromatic nitrogens is 7. The molecule has 1 N–H and O–H groups in total. The van der Waals surface area contributed by atoms with E-state index in [1.54, 1.807) is 19.6 Å². The fourth-order valence-electron chi connectivity index (χ4n) is 3.43. The molecule has 0 bridgehead atoms. The predicted molar refractivity (Wildman–Crippen MR) is 107 cm³/mol. The highest BCUT2D eigenvalue weighted by atomic mass is 35.5. The first kappa shape index (κ1) is 17.7. The van der Waals surface area contributed by atoms with Crippen LogP contribution in [0, 0.1) is 18.8 Å². The van der Waals surface area contributed by atoms with Crippen molar-refractivity contribution in [2.45, 2.75) is 20.1 Å². The van der Waals surface area contributed by atoms with Crippen molar-refractivity contribution in [1.29, 1.82) is 0 Å². The van der Waals surface area contributed by atoms with Crippen molar-refractivity contribution in [1.82, 2.24) is 34.3 Å². The second kappa shape index (κ2) is 6.88. The first-order chi connectivity index (χ1) is 14.1. The van der Waals surface area contributed by atoms with E-state index >= 15 is 0 Å². The number of imidazole rings is 2. The van der Waals surface area contributed by atoms with Gasteiger partial charge in [-0.25, -0.2) is 9.97 Å². The SMILES string of the molecule is COCc1nnc2n1Cc1c(C#Cc3cnc(C)[nH]3)ncn1-c1ccc(Cl)cc1-2. The summed E-state index contributed by atoms with van der Waals surface area (Å²) in [4.78, 5) is 11.8. The fraction of sp³-hybridized carbons (Fsp3) is 0.200. The van der Waals surface area contributed by atoms with Gasteiger partial charge < -0.3 is 14.3 Å². The molecule has 0 saturated carbocycles. The summed E-state index contributed by atoms with van der Waals surface area (Å²) in [6.07, 6.45) is 3.49. The Morgan fingerprint density at radius 1 is 1.24 bits per heavy atom. The minimum Gasteiger partial charge on any atom is -0.377 e. The zero-order chi connectivity index (χ0) is 20.0. The highest BCUT2D eigenvalue weighted by Crippen LogP contribution is 2.34. The molecule has 0 amide bonds. The molecule has 0 spiro atoms. The van der Waals surface area contributed by atoms with Gasteiger partial charge in [-0.05, 0) is 37.0 Å². The van der Waals surface area contributed by atoms with Crippen LogP contribution in [0.3, 0.4) is 0 Å². The number of nitrogens with one attached hydrogen (secondary N) is 1. The molecule has 4 heterocycles. The molecule has 1 aliphatic heterocycles. The van der Waals surface area contributed by atoms with E-state index in [0.29, 0.717) is 23.9 Å². The third kappa shape index (κ3) is 3.01. The van der Waals surface area contributed by atoms with Gasteiger partial charge in [-0.2, -0.15) is 0 Å². The van der Waals surface area contributed by atoms with Gasteiger partial charge in [0.25, 0.3) is 0 Å². The average molecular weight is 406 g/mol. The average Bonchev–Trinajstić information content (AvgIpc) is 3.39. The van der Waals surface area contributed by atoms with Crippen LogP contribution in [-0.2, 0) is 17.9 Å². The van der Waals surface area contributed by atoms with Crippen molar-refractivity contribution in [3.05, 3.63) is 64.5 Å². The standard InChI is InChI=1S/C20H16ClN7O/c1-12-22-8-14(24-12)4-5-16-18-9-27-19(10-29-2)25-26-20(27)15-7-13(21)3-6-17(15)28(18)11-23-16/h3,6-8,11H,9-10H2,1-2H3,(H,22,24). The number of nitrogens with zero attached hydrogens (tertiary/aromatic N) is 6. The number of ether oxygens (including phenoxy) is 1. The van der Waals surface area contributed by atoms with Crippen molar-refractivity contribution in [3.8, 4) is 28.9 Å². The summed E-state index contributed by atoms with van der Waals surface area (Å²) in [6.45, 7) is 2.76. The fourth-order valence-corrected chi connectivity index (χ4v) is 3.60. The van der Waals surface area contributed by atoms with Gasteiger partial charge in [-0.3, -0.25) is 4.57 Å². The number of aryl methyl sites for hydroxylation is 1. The third-order valence-electron chi connectivity index (χ3n) is 4.75. The zero-order valence-corrected chi connectivity index (χ0v) is 16.5. The van der Waals surface area contributed by atoms with Crippen molar-refractivity contribution in [2.24, 2.45) is 0 Å². The largest absolute Gasteiger partial charge is 0.377 e. The van der Waals surface area contributed by atoms with Crippen LogP contribution in [0.1, 0.15) is 28.7 Å². The number of methoxy groups -OCH3 is 1. The Labute approximate surface area is 171 Å². The van der Waals surface area contributed by atoms with Crippen LogP contribution in [-0.4, -0.2) is 41.4 Å². The lowest BCUT2D eigenvalue weighted by Gasteiger charge is -2.08. The van der Waals surface area contributed by atoms with E-state index in [1.165, 1.54) is 0 Å². The van der Waals surface area contributed by atoms with E-state index in [4.69, 9.17) is 16.3 Å². The molecule has 4 aromatic rings. The molecule has 1 aliphatic rings. The Kier molecular flexibility index (Phi) is 4.19. The lowest BCUT2D eigenvalue weighted by Crippen LogP contribution is -2.09. The smallest absolute Gasteiger partial charge is 0.166 e. The van der Waals surface area contributed by atoms with E-state index in [0.717, 1.165) is 40.1 Å².